The first-order valence-corrected chi connectivity index (χ1v) is 28.7. The van der Waals surface area contributed by atoms with Gasteiger partial charge in [0.25, 0.3) is 0 Å². The summed E-state index contributed by atoms with van der Waals surface area (Å²) in [5, 5.41) is 0. The van der Waals surface area contributed by atoms with Crippen LogP contribution < -0.4 is 19.6 Å². The van der Waals surface area contributed by atoms with Crippen LogP contribution in [0.2, 0.25) is 0 Å². The van der Waals surface area contributed by atoms with Crippen molar-refractivity contribution < 1.29 is 0 Å². The lowest BCUT2D eigenvalue weighted by molar-refractivity contribution is 0.311. The van der Waals surface area contributed by atoms with Gasteiger partial charge in [-0.25, -0.2) is 0 Å². The molecule has 0 radical (unpaired) electrons. The van der Waals surface area contributed by atoms with Crippen LogP contribution >= 0.6 is 0 Å². The maximum absolute atomic E-state index is 2.56. The normalized spacial score (nSPS) is 19.1. The first-order chi connectivity index (χ1) is 33.3. The molecule has 4 fully saturated rings. The van der Waals surface area contributed by atoms with E-state index in [0.717, 1.165) is 47.3 Å². The predicted octanol–water partition coefficient (Wildman–Crippen LogP) is 17.9. The Balaban J connectivity index is 0.000000174. The first kappa shape index (κ1) is 57.0. The van der Waals surface area contributed by atoms with E-state index < -0.39 is 0 Å². The SMILES string of the molecule is CC(C)c1ccc(N2CCC(C(C)C)C2)cc1.CC(C)c1ccc(N2CCC(C(C)C)CC2)cc1.CC(C)c1cccc(N2CCC(C(C)C)C2)c1.CC(C)c1cccc(N2CCC(C(C)C)CC2)c1. The number of nitrogens with zero attached hydrogens (tertiary/aromatic N) is 4. The van der Waals surface area contributed by atoms with Crippen molar-refractivity contribution in [2.45, 2.75) is 173 Å². The molecule has 0 aliphatic carbocycles. The molecule has 0 bridgehead atoms. The van der Waals surface area contributed by atoms with Gasteiger partial charge in [-0.15, -0.1) is 0 Å². The van der Waals surface area contributed by atoms with Crippen LogP contribution in [0.15, 0.2) is 97.1 Å². The van der Waals surface area contributed by atoms with Crippen LogP contribution in [0.25, 0.3) is 0 Å². The van der Waals surface area contributed by atoms with Gasteiger partial charge in [-0.2, -0.15) is 0 Å². The zero-order chi connectivity index (χ0) is 51.1. The monoisotopic (exact) mass is 953 g/mol. The lowest BCUT2D eigenvalue weighted by Crippen LogP contribution is -2.35. The highest BCUT2D eigenvalue weighted by atomic mass is 15.2. The van der Waals surface area contributed by atoms with Crippen LogP contribution in [0, 0.1) is 47.3 Å². The van der Waals surface area contributed by atoms with Crippen LogP contribution in [-0.2, 0) is 0 Å². The van der Waals surface area contributed by atoms with E-state index in [1.165, 1.54) is 136 Å². The summed E-state index contributed by atoms with van der Waals surface area (Å²) < 4.78 is 0. The summed E-state index contributed by atoms with van der Waals surface area (Å²) in [6.07, 6.45) is 8.10. The van der Waals surface area contributed by atoms with E-state index in [4.69, 9.17) is 0 Å². The van der Waals surface area contributed by atoms with Crippen molar-refractivity contribution in [3.8, 4) is 0 Å². The zero-order valence-electron chi connectivity index (χ0n) is 47.9. The van der Waals surface area contributed by atoms with Crippen molar-refractivity contribution >= 4 is 22.7 Å². The van der Waals surface area contributed by atoms with Gasteiger partial charge >= 0.3 is 0 Å². The summed E-state index contributed by atoms with van der Waals surface area (Å²) in [6.45, 7) is 46.7. The molecule has 0 N–H and O–H groups in total. The first-order valence-electron chi connectivity index (χ1n) is 28.7. The molecule has 4 aliphatic rings. The smallest absolute Gasteiger partial charge is 0.0369 e. The van der Waals surface area contributed by atoms with Crippen molar-refractivity contribution in [1.82, 2.24) is 0 Å². The van der Waals surface area contributed by atoms with Crippen LogP contribution in [-0.4, -0.2) is 52.4 Å². The molecule has 4 aromatic carbocycles. The molecular weight excluding hydrogens is 849 g/mol. The Kier molecular flexibility index (Phi) is 22.6. The Morgan fingerprint density at radius 1 is 0.286 bits per heavy atom. The standard InChI is InChI=1S/2C17H27N.2C16H25N/c1-13(2)15-5-7-17(8-6-15)18-11-9-16(10-12-18)14(3)4;1-13(2)15-8-10-18(11-9-15)17-7-5-6-16(12-17)14(3)4;1-12(2)14-5-7-16(8-6-14)17-10-9-15(11-17)13(3)4;1-12(2)14-6-5-7-16(10-14)17-9-8-15(11-17)13(3)4/h5-8,13-14,16H,9-12H2,1-4H3;5-7,12-15H,8-11H2,1-4H3;5-8,12-13,15H,9-11H2,1-4H3;5-7,10,12-13,15H,8-9,11H2,1-4H3. The topological polar surface area (TPSA) is 13.0 Å². The van der Waals surface area contributed by atoms with E-state index in [2.05, 4.69) is 227 Å². The molecule has 0 saturated carbocycles. The molecule has 2 unspecified atom stereocenters. The quantitative estimate of drug-likeness (QED) is 0.140. The maximum Gasteiger partial charge on any atom is 0.0369 e. The van der Waals surface area contributed by atoms with Crippen molar-refractivity contribution in [3.05, 3.63) is 119 Å². The molecule has 4 nitrogen and oxygen atoms in total. The summed E-state index contributed by atoms with van der Waals surface area (Å²) in [4.78, 5) is 10.2. The average Bonchev–Trinajstić information content (AvgIpc) is 4.07. The molecule has 0 amide bonds. The molecule has 0 aromatic heterocycles. The minimum atomic E-state index is 0.623. The highest BCUT2D eigenvalue weighted by Gasteiger charge is 2.27. The van der Waals surface area contributed by atoms with Crippen molar-refractivity contribution in [2.24, 2.45) is 47.3 Å². The fraction of sp³-hybridized carbons (Fsp3) is 0.636. The van der Waals surface area contributed by atoms with E-state index in [-0.39, 0.29) is 0 Å². The Morgan fingerprint density at radius 2 is 0.557 bits per heavy atom. The molecule has 4 aliphatic heterocycles. The van der Waals surface area contributed by atoms with Crippen molar-refractivity contribution in [1.29, 1.82) is 0 Å². The number of benzene rings is 4. The largest absolute Gasteiger partial charge is 0.372 e. The molecule has 4 heteroatoms. The molecule has 70 heavy (non-hydrogen) atoms. The van der Waals surface area contributed by atoms with Crippen LogP contribution in [0.1, 0.15) is 195 Å². The van der Waals surface area contributed by atoms with E-state index in [1.807, 2.05) is 0 Å². The summed E-state index contributed by atoms with van der Waals surface area (Å²) in [5.74, 6) is 9.42. The molecule has 2 atom stereocenters. The Morgan fingerprint density at radius 3 is 0.871 bits per heavy atom. The van der Waals surface area contributed by atoms with Gasteiger partial charge in [0.1, 0.15) is 0 Å². The number of hydrogen-bond donors (Lipinski definition) is 0. The van der Waals surface area contributed by atoms with Crippen LogP contribution in [0.4, 0.5) is 22.7 Å². The van der Waals surface area contributed by atoms with Gasteiger partial charge in [-0.05, 0) is 180 Å². The second-order valence-electron chi connectivity index (χ2n) is 24.6. The van der Waals surface area contributed by atoms with Gasteiger partial charge in [0.05, 0.1) is 0 Å². The molecule has 0 spiro atoms. The van der Waals surface area contributed by atoms with Crippen molar-refractivity contribution in [2.75, 3.05) is 72.0 Å². The second kappa shape index (κ2) is 27.8. The Hall–Kier alpha value is -3.92. The Labute approximate surface area is 432 Å². The lowest BCUT2D eigenvalue weighted by atomic mass is 9.86. The molecule has 4 aromatic rings. The van der Waals surface area contributed by atoms with Crippen LogP contribution in [0.3, 0.4) is 0 Å². The van der Waals surface area contributed by atoms with E-state index in [0.29, 0.717) is 23.7 Å². The third-order valence-electron chi connectivity index (χ3n) is 17.0. The van der Waals surface area contributed by atoms with E-state index in [1.54, 1.807) is 0 Å². The number of hydrogen-bond acceptors (Lipinski definition) is 4. The zero-order valence-corrected chi connectivity index (χ0v) is 47.9. The summed E-state index contributed by atoms with van der Waals surface area (Å²) in [6, 6.07) is 36.5. The number of piperidine rings is 2. The number of rotatable bonds is 12. The lowest BCUT2D eigenvalue weighted by Gasteiger charge is -2.35. The summed E-state index contributed by atoms with van der Waals surface area (Å²) in [7, 11) is 0. The van der Waals surface area contributed by atoms with Crippen molar-refractivity contribution in [3.63, 3.8) is 0 Å². The predicted molar refractivity (Wildman–Crippen MR) is 312 cm³/mol. The Bertz CT molecular complexity index is 2040. The molecule has 8 rings (SSSR count). The highest BCUT2D eigenvalue weighted by molar-refractivity contribution is 5.52. The summed E-state index contributed by atoms with van der Waals surface area (Å²) in [5.41, 5.74) is 11.4. The third-order valence-corrected chi connectivity index (χ3v) is 17.0. The molecule has 388 valence electrons. The van der Waals surface area contributed by atoms with Gasteiger partial charge in [0.2, 0.25) is 0 Å². The minimum absolute atomic E-state index is 0.623. The second-order valence-corrected chi connectivity index (χ2v) is 24.6. The number of anilines is 4. The molecule has 4 heterocycles. The molecule has 4 saturated heterocycles. The van der Waals surface area contributed by atoms with Gasteiger partial charge in [0.15, 0.2) is 0 Å². The van der Waals surface area contributed by atoms with Gasteiger partial charge in [-0.1, -0.05) is 159 Å². The fourth-order valence-corrected chi connectivity index (χ4v) is 11.1. The summed E-state index contributed by atoms with van der Waals surface area (Å²) >= 11 is 0. The maximum atomic E-state index is 2.56. The third kappa shape index (κ3) is 17.1. The van der Waals surface area contributed by atoms with E-state index >= 15 is 0 Å². The average molecular weight is 954 g/mol. The van der Waals surface area contributed by atoms with E-state index in [9.17, 15) is 0 Å². The highest BCUT2D eigenvalue weighted by Crippen LogP contribution is 2.33. The molecular formula is C66H104N4. The van der Waals surface area contributed by atoms with Gasteiger partial charge in [-0.3, -0.25) is 0 Å². The van der Waals surface area contributed by atoms with Gasteiger partial charge in [0, 0.05) is 75.1 Å². The fourth-order valence-electron chi connectivity index (χ4n) is 11.1. The minimum Gasteiger partial charge on any atom is -0.372 e. The van der Waals surface area contributed by atoms with Gasteiger partial charge < -0.3 is 19.6 Å². The van der Waals surface area contributed by atoms with Crippen LogP contribution in [0.5, 0.6) is 0 Å².